The lowest BCUT2D eigenvalue weighted by Gasteiger charge is -2.22. The summed E-state index contributed by atoms with van der Waals surface area (Å²) in [6, 6.07) is 3.76. The van der Waals surface area contributed by atoms with E-state index in [0.29, 0.717) is 36.7 Å². The Balaban J connectivity index is 1.69. The number of hydrogen-bond donors (Lipinski definition) is 1. The number of primary amides is 1. The number of fused-ring (bicyclic) bond motifs is 3. The predicted molar refractivity (Wildman–Crippen MR) is 104 cm³/mol. The number of alkyl halides is 3. The molecule has 2 aromatic rings. The summed E-state index contributed by atoms with van der Waals surface area (Å²) >= 11 is 5.17. The van der Waals surface area contributed by atoms with Crippen molar-refractivity contribution in [2.75, 3.05) is 18.1 Å². The second kappa shape index (κ2) is 7.42. The fourth-order valence-electron chi connectivity index (χ4n) is 3.53. The number of aromatic nitrogens is 2. The number of amides is 2. The van der Waals surface area contributed by atoms with Gasteiger partial charge in [0.25, 0.3) is 0 Å². The number of carbonyl (C=O) groups is 2. The van der Waals surface area contributed by atoms with Crippen molar-refractivity contribution in [3.8, 4) is 17.1 Å². The summed E-state index contributed by atoms with van der Waals surface area (Å²) in [7, 11) is 0. The molecule has 1 fully saturated rings. The van der Waals surface area contributed by atoms with E-state index >= 15 is 0 Å². The van der Waals surface area contributed by atoms with Gasteiger partial charge >= 0.3 is 11.5 Å². The number of anilines is 1. The summed E-state index contributed by atoms with van der Waals surface area (Å²) in [5.74, 6) is 0.302. The van der Waals surface area contributed by atoms with E-state index in [2.05, 4.69) is 4.98 Å². The molecule has 1 aromatic heterocycles. The molecule has 160 valence electrons. The highest BCUT2D eigenvalue weighted by Crippen LogP contribution is 2.38. The molecule has 11 heteroatoms. The molecule has 30 heavy (non-hydrogen) atoms. The van der Waals surface area contributed by atoms with Gasteiger partial charge in [0.15, 0.2) is 11.9 Å². The number of hydrogen-bond acceptors (Lipinski definition) is 5. The third-order valence-electron chi connectivity index (χ3n) is 5.17. The van der Waals surface area contributed by atoms with Crippen LogP contribution in [0.5, 0.6) is 5.75 Å². The summed E-state index contributed by atoms with van der Waals surface area (Å²) < 4.78 is 39.8. The van der Waals surface area contributed by atoms with Gasteiger partial charge in [0, 0.05) is 12.1 Å². The Bertz CT molecular complexity index is 1010. The molecule has 8 nitrogen and oxygen atoms in total. The highest BCUT2D eigenvalue weighted by atomic mass is 35.5. The van der Waals surface area contributed by atoms with Gasteiger partial charge in [-0.15, -0.1) is 0 Å². The number of imidazole rings is 1. The number of cyclic esters (lactones) is 1. The molecular weight excluding hydrogens is 422 g/mol. The predicted octanol–water partition coefficient (Wildman–Crippen LogP) is 2.76. The zero-order valence-electron chi connectivity index (χ0n) is 16.0. The van der Waals surface area contributed by atoms with Crippen LogP contribution < -0.4 is 15.4 Å². The SMILES string of the molecule is C[C@H](Cc1ccc2c(c1)OCCn1cc(N3C(=O)OC[C@H]3C(F)(F)Cl)nc1-2)C(N)=O. The second-order valence-electron chi connectivity index (χ2n) is 7.31. The Labute approximate surface area is 175 Å². The minimum absolute atomic E-state index is 0.0251. The molecule has 0 bridgehead atoms. The Morgan fingerprint density at radius 2 is 2.20 bits per heavy atom. The lowest BCUT2D eigenvalue weighted by atomic mass is 9.99. The van der Waals surface area contributed by atoms with Crippen molar-refractivity contribution in [1.29, 1.82) is 0 Å². The minimum atomic E-state index is -3.67. The van der Waals surface area contributed by atoms with Crippen molar-refractivity contribution in [2.24, 2.45) is 11.7 Å². The summed E-state index contributed by atoms with van der Waals surface area (Å²) in [4.78, 5) is 28.6. The van der Waals surface area contributed by atoms with Gasteiger partial charge in [0.05, 0.1) is 12.1 Å². The van der Waals surface area contributed by atoms with Crippen molar-refractivity contribution in [3.63, 3.8) is 0 Å². The van der Waals surface area contributed by atoms with Gasteiger partial charge in [0.1, 0.15) is 24.8 Å². The molecule has 0 unspecified atom stereocenters. The van der Waals surface area contributed by atoms with Gasteiger partial charge in [0.2, 0.25) is 5.91 Å². The van der Waals surface area contributed by atoms with Gasteiger partial charge in [-0.1, -0.05) is 13.0 Å². The maximum absolute atomic E-state index is 13.7. The lowest BCUT2D eigenvalue weighted by Crippen LogP contribution is -2.44. The largest absolute Gasteiger partial charge is 0.491 e. The molecule has 1 aromatic carbocycles. The molecule has 0 radical (unpaired) electrons. The van der Waals surface area contributed by atoms with Gasteiger partial charge in [-0.2, -0.15) is 8.78 Å². The number of benzene rings is 1. The number of nitrogens with two attached hydrogens (primary N) is 1. The van der Waals surface area contributed by atoms with Gasteiger partial charge < -0.3 is 19.8 Å². The number of carbonyl (C=O) groups excluding carboxylic acids is 2. The topological polar surface area (TPSA) is 99.7 Å². The first-order chi connectivity index (χ1) is 14.1. The van der Waals surface area contributed by atoms with Crippen molar-refractivity contribution in [2.45, 2.75) is 31.3 Å². The molecule has 2 N–H and O–H groups in total. The zero-order chi connectivity index (χ0) is 21.6. The van der Waals surface area contributed by atoms with Crippen molar-refractivity contribution in [3.05, 3.63) is 30.0 Å². The zero-order valence-corrected chi connectivity index (χ0v) is 16.7. The van der Waals surface area contributed by atoms with E-state index in [4.69, 9.17) is 26.8 Å². The highest BCUT2D eigenvalue weighted by Gasteiger charge is 2.50. The van der Waals surface area contributed by atoms with Crippen LogP contribution in [0.1, 0.15) is 12.5 Å². The number of ether oxygens (including phenoxy) is 2. The Hall–Kier alpha value is -2.88. The normalized spacial score (nSPS) is 19.4. The van der Waals surface area contributed by atoms with Crippen LogP contribution in [0.25, 0.3) is 11.4 Å². The fourth-order valence-corrected chi connectivity index (χ4v) is 3.69. The van der Waals surface area contributed by atoms with E-state index in [9.17, 15) is 18.4 Å². The second-order valence-corrected chi connectivity index (χ2v) is 7.81. The monoisotopic (exact) mass is 440 g/mol. The Kier molecular flexibility index (Phi) is 5.05. The van der Waals surface area contributed by atoms with E-state index in [1.807, 2.05) is 6.07 Å². The first-order valence-electron chi connectivity index (χ1n) is 9.30. The van der Waals surface area contributed by atoms with E-state index < -0.39 is 30.0 Å². The Morgan fingerprint density at radius 3 is 2.90 bits per heavy atom. The average molecular weight is 441 g/mol. The Morgan fingerprint density at radius 1 is 1.43 bits per heavy atom. The first-order valence-corrected chi connectivity index (χ1v) is 9.68. The molecule has 0 spiro atoms. The lowest BCUT2D eigenvalue weighted by molar-refractivity contribution is -0.121. The summed E-state index contributed by atoms with van der Waals surface area (Å²) in [5, 5.41) is -3.67. The molecule has 2 atom stereocenters. The van der Waals surface area contributed by atoms with E-state index in [-0.39, 0.29) is 11.7 Å². The van der Waals surface area contributed by atoms with Gasteiger partial charge in [-0.25, -0.2) is 14.7 Å². The van der Waals surface area contributed by atoms with Crippen LogP contribution in [0.3, 0.4) is 0 Å². The maximum atomic E-state index is 13.7. The van der Waals surface area contributed by atoms with Crippen LogP contribution in [0, 0.1) is 5.92 Å². The summed E-state index contributed by atoms with van der Waals surface area (Å²) in [5.41, 5.74) is 6.84. The van der Waals surface area contributed by atoms with Crippen LogP contribution >= 0.6 is 11.6 Å². The number of rotatable bonds is 5. The number of nitrogens with zero attached hydrogens (tertiary/aromatic N) is 3. The molecule has 2 aliphatic rings. The van der Waals surface area contributed by atoms with E-state index in [1.54, 1.807) is 23.6 Å². The smallest absolute Gasteiger partial charge is 0.416 e. The fraction of sp³-hybridized carbons (Fsp3) is 0.421. The molecule has 4 rings (SSSR count). The third kappa shape index (κ3) is 3.67. The van der Waals surface area contributed by atoms with Gasteiger partial charge in [-0.05, 0) is 35.7 Å². The molecular formula is C19H19ClF2N4O4. The highest BCUT2D eigenvalue weighted by molar-refractivity contribution is 6.22. The molecule has 0 saturated carbocycles. The first kappa shape index (κ1) is 20.4. The van der Waals surface area contributed by atoms with Crippen LogP contribution in [-0.4, -0.2) is 46.2 Å². The van der Waals surface area contributed by atoms with Crippen LogP contribution in [0.2, 0.25) is 0 Å². The van der Waals surface area contributed by atoms with Crippen LogP contribution in [0.4, 0.5) is 19.4 Å². The summed E-state index contributed by atoms with van der Waals surface area (Å²) in [6.45, 7) is 1.92. The van der Waals surface area contributed by atoms with Gasteiger partial charge in [-0.3, -0.25) is 4.79 Å². The van der Waals surface area contributed by atoms with E-state index in [0.717, 1.165) is 10.5 Å². The van der Waals surface area contributed by atoms with E-state index in [1.165, 1.54) is 6.20 Å². The molecule has 1 saturated heterocycles. The quantitative estimate of drug-likeness (QED) is 0.721. The van der Waals surface area contributed by atoms with Crippen LogP contribution in [-0.2, 0) is 22.5 Å². The molecule has 2 aliphatic heterocycles. The summed E-state index contributed by atoms with van der Waals surface area (Å²) in [6.07, 6.45) is 1.03. The molecule has 3 heterocycles. The average Bonchev–Trinajstić information content (AvgIpc) is 3.21. The third-order valence-corrected chi connectivity index (χ3v) is 5.42. The van der Waals surface area contributed by atoms with Crippen molar-refractivity contribution >= 4 is 29.4 Å². The molecule has 2 amide bonds. The number of halogens is 3. The molecule has 0 aliphatic carbocycles. The maximum Gasteiger partial charge on any atom is 0.416 e. The minimum Gasteiger partial charge on any atom is -0.491 e. The standard InChI is InChI=1S/C19H19ClF2N4O4/c1-10(16(23)27)6-11-2-3-12-13(7-11)29-5-4-25-8-15(24-17(12)25)26-14(19(20,21)22)9-30-18(26)28/h2-3,7-8,10,14H,4-6,9H2,1H3,(H2,23,27)/t10-,14+/m1/s1. The van der Waals surface area contributed by atoms with Crippen molar-refractivity contribution < 1.29 is 27.8 Å². The van der Waals surface area contributed by atoms with Crippen molar-refractivity contribution in [1.82, 2.24) is 9.55 Å². The van der Waals surface area contributed by atoms with Crippen LogP contribution in [0.15, 0.2) is 24.4 Å².